The van der Waals surface area contributed by atoms with Crippen molar-refractivity contribution in [3.63, 3.8) is 0 Å². The molecule has 4 nitrogen and oxygen atoms in total. The molecule has 3 heterocycles. The minimum absolute atomic E-state index is 0.256. The van der Waals surface area contributed by atoms with Crippen LogP contribution in [0.2, 0.25) is 0 Å². The third-order valence-electron chi connectivity index (χ3n) is 4.26. The number of aromatic nitrogens is 3. The third kappa shape index (κ3) is 3.04. The van der Waals surface area contributed by atoms with Crippen LogP contribution in [0.5, 0.6) is 0 Å². The Labute approximate surface area is 151 Å². The van der Waals surface area contributed by atoms with Crippen molar-refractivity contribution in [3.8, 4) is 22.4 Å². The smallest absolute Gasteiger partial charge is 0.126 e. The van der Waals surface area contributed by atoms with Crippen molar-refractivity contribution in [1.29, 1.82) is 0 Å². The summed E-state index contributed by atoms with van der Waals surface area (Å²) in [5.41, 5.74) is 4.74. The zero-order chi connectivity index (χ0) is 17.9. The molecule has 1 aromatic carbocycles. The molecule has 0 spiro atoms. The molecule has 26 heavy (non-hydrogen) atoms. The molecule has 0 bridgehead atoms. The van der Waals surface area contributed by atoms with Crippen molar-refractivity contribution < 1.29 is 4.39 Å². The summed E-state index contributed by atoms with van der Waals surface area (Å²) < 4.78 is 15.2. The Hall–Kier alpha value is -3.21. The van der Waals surface area contributed by atoms with Gasteiger partial charge in [-0.15, -0.1) is 0 Å². The summed E-state index contributed by atoms with van der Waals surface area (Å²) in [5, 5.41) is 8.06. The SMILES string of the molecule is CCCNc1cc(-c2c(-c3ccc(F)cc3)nn3ccccc23)ccn1. The van der Waals surface area contributed by atoms with Crippen LogP contribution >= 0.6 is 0 Å². The maximum absolute atomic E-state index is 13.4. The van der Waals surface area contributed by atoms with Crippen molar-refractivity contribution in [2.24, 2.45) is 0 Å². The van der Waals surface area contributed by atoms with E-state index in [1.165, 1.54) is 12.1 Å². The van der Waals surface area contributed by atoms with Gasteiger partial charge in [-0.1, -0.05) is 13.0 Å². The number of hydrogen-bond acceptors (Lipinski definition) is 3. The summed E-state index contributed by atoms with van der Waals surface area (Å²) in [6.07, 6.45) is 4.75. The highest BCUT2D eigenvalue weighted by Gasteiger charge is 2.16. The highest BCUT2D eigenvalue weighted by atomic mass is 19.1. The van der Waals surface area contributed by atoms with Crippen molar-refractivity contribution in [1.82, 2.24) is 14.6 Å². The number of rotatable bonds is 5. The van der Waals surface area contributed by atoms with Gasteiger partial charge >= 0.3 is 0 Å². The lowest BCUT2D eigenvalue weighted by molar-refractivity contribution is 0.628. The first kappa shape index (κ1) is 16.3. The van der Waals surface area contributed by atoms with Crippen molar-refractivity contribution in [3.05, 3.63) is 72.8 Å². The van der Waals surface area contributed by atoms with E-state index < -0.39 is 0 Å². The number of anilines is 1. The molecule has 0 unspecified atom stereocenters. The molecule has 0 atom stereocenters. The van der Waals surface area contributed by atoms with Gasteiger partial charge in [0.25, 0.3) is 0 Å². The monoisotopic (exact) mass is 346 g/mol. The Morgan fingerprint density at radius 2 is 1.88 bits per heavy atom. The first-order chi connectivity index (χ1) is 12.8. The predicted molar refractivity (Wildman–Crippen MR) is 103 cm³/mol. The Morgan fingerprint density at radius 1 is 1.04 bits per heavy atom. The van der Waals surface area contributed by atoms with Gasteiger partial charge in [0.05, 0.1) is 5.52 Å². The fourth-order valence-electron chi connectivity index (χ4n) is 3.03. The van der Waals surface area contributed by atoms with Crippen LogP contribution in [0.15, 0.2) is 67.0 Å². The van der Waals surface area contributed by atoms with Gasteiger partial charge < -0.3 is 5.32 Å². The van der Waals surface area contributed by atoms with Crippen molar-refractivity contribution in [2.45, 2.75) is 13.3 Å². The molecule has 0 aliphatic heterocycles. The van der Waals surface area contributed by atoms with E-state index in [1.54, 1.807) is 18.3 Å². The predicted octanol–water partition coefficient (Wildman–Crippen LogP) is 5.02. The molecule has 4 rings (SSSR count). The molecule has 0 fully saturated rings. The number of nitrogens with zero attached hydrogens (tertiary/aromatic N) is 3. The molecular weight excluding hydrogens is 327 g/mol. The van der Waals surface area contributed by atoms with Crippen LogP contribution < -0.4 is 5.32 Å². The molecule has 0 amide bonds. The summed E-state index contributed by atoms with van der Waals surface area (Å²) in [5.74, 6) is 0.582. The zero-order valence-electron chi connectivity index (χ0n) is 14.5. The minimum Gasteiger partial charge on any atom is -0.370 e. The second-order valence-electron chi connectivity index (χ2n) is 6.12. The molecule has 0 aliphatic rings. The average Bonchev–Trinajstić information content (AvgIpc) is 3.06. The van der Waals surface area contributed by atoms with E-state index in [2.05, 4.69) is 17.2 Å². The van der Waals surface area contributed by atoms with E-state index in [-0.39, 0.29) is 5.82 Å². The van der Waals surface area contributed by atoms with Gasteiger partial charge in [-0.05, 0) is 60.5 Å². The molecule has 4 aromatic rings. The van der Waals surface area contributed by atoms with Crippen molar-refractivity contribution >= 4 is 11.3 Å². The maximum atomic E-state index is 13.4. The molecule has 0 saturated carbocycles. The number of nitrogens with one attached hydrogen (secondary N) is 1. The van der Waals surface area contributed by atoms with E-state index >= 15 is 0 Å². The second-order valence-corrected chi connectivity index (χ2v) is 6.12. The molecule has 5 heteroatoms. The zero-order valence-corrected chi connectivity index (χ0v) is 14.5. The maximum Gasteiger partial charge on any atom is 0.126 e. The van der Waals surface area contributed by atoms with Gasteiger partial charge in [-0.3, -0.25) is 0 Å². The number of halogens is 1. The van der Waals surface area contributed by atoms with Gasteiger partial charge in [0.1, 0.15) is 17.3 Å². The molecule has 0 radical (unpaired) electrons. The van der Waals surface area contributed by atoms with E-state index in [9.17, 15) is 4.39 Å². The molecule has 3 aromatic heterocycles. The van der Waals surface area contributed by atoms with Crippen LogP contribution in [0.4, 0.5) is 10.2 Å². The fourth-order valence-corrected chi connectivity index (χ4v) is 3.03. The van der Waals surface area contributed by atoms with E-state index in [4.69, 9.17) is 5.10 Å². The first-order valence-electron chi connectivity index (χ1n) is 8.70. The number of fused-ring (bicyclic) bond motifs is 1. The summed E-state index contributed by atoms with van der Waals surface area (Å²) in [6.45, 7) is 2.99. The number of pyridine rings is 2. The molecule has 0 aliphatic carbocycles. The largest absolute Gasteiger partial charge is 0.370 e. The minimum atomic E-state index is -0.256. The van der Waals surface area contributed by atoms with Crippen LogP contribution in [0, 0.1) is 5.82 Å². The Bertz CT molecular complexity index is 1040. The van der Waals surface area contributed by atoms with Crippen LogP contribution in [0.3, 0.4) is 0 Å². The molecule has 0 saturated heterocycles. The lowest BCUT2D eigenvalue weighted by Gasteiger charge is -2.08. The highest BCUT2D eigenvalue weighted by Crippen LogP contribution is 2.35. The Kier molecular flexibility index (Phi) is 4.35. The normalized spacial score (nSPS) is 11.0. The number of hydrogen-bond donors (Lipinski definition) is 1. The van der Waals surface area contributed by atoms with Crippen LogP contribution in [0.1, 0.15) is 13.3 Å². The Morgan fingerprint density at radius 3 is 2.69 bits per heavy atom. The number of benzene rings is 1. The summed E-state index contributed by atoms with van der Waals surface area (Å²) >= 11 is 0. The average molecular weight is 346 g/mol. The highest BCUT2D eigenvalue weighted by molar-refractivity contribution is 5.92. The van der Waals surface area contributed by atoms with Crippen LogP contribution in [-0.4, -0.2) is 21.1 Å². The van der Waals surface area contributed by atoms with E-state index in [0.29, 0.717) is 0 Å². The van der Waals surface area contributed by atoms with Crippen LogP contribution in [-0.2, 0) is 0 Å². The van der Waals surface area contributed by atoms with E-state index in [0.717, 1.165) is 46.7 Å². The topological polar surface area (TPSA) is 42.2 Å². The fraction of sp³-hybridized carbons (Fsp3) is 0.143. The Balaban J connectivity index is 1.90. The standard InChI is InChI=1S/C21H19FN4/c1-2-11-23-19-14-16(10-12-24-19)20-18-5-3-4-13-26(18)25-21(20)15-6-8-17(22)9-7-15/h3-10,12-14H,2,11H2,1H3,(H,23,24). The first-order valence-corrected chi connectivity index (χ1v) is 8.70. The van der Waals surface area contributed by atoms with Crippen molar-refractivity contribution in [2.75, 3.05) is 11.9 Å². The van der Waals surface area contributed by atoms with Crippen LogP contribution in [0.25, 0.3) is 27.9 Å². The summed E-state index contributed by atoms with van der Waals surface area (Å²) in [4.78, 5) is 4.39. The summed E-state index contributed by atoms with van der Waals surface area (Å²) in [7, 11) is 0. The lowest BCUT2D eigenvalue weighted by Crippen LogP contribution is -2.01. The third-order valence-corrected chi connectivity index (χ3v) is 4.26. The van der Waals surface area contributed by atoms with E-state index in [1.807, 2.05) is 41.0 Å². The molecule has 1 N–H and O–H groups in total. The lowest BCUT2D eigenvalue weighted by atomic mass is 10.0. The van der Waals surface area contributed by atoms with Gasteiger partial charge in [-0.25, -0.2) is 13.9 Å². The summed E-state index contributed by atoms with van der Waals surface area (Å²) in [6, 6.07) is 16.4. The second kappa shape index (κ2) is 6.96. The quantitative estimate of drug-likeness (QED) is 0.551. The molecule has 130 valence electrons. The van der Waals surface area contributed by atoms with Gasteiger partial charge in [0.15, 0.2) is 0 Å². The molecular formula is C21H19FN4. The van der Waals surface area contributed by atoms with Gasteiger partial charge in [-0.2, -0.15) is 5.10 Å². The van der Waals surface area contributed by atoms with Gasteiger partial charge in [0.2, 0.25) is 0 Å². The van der Waals surface area contributed by atoms with Gasteiger partial charge in [0, 0.05) is 30.1 Å².